The number of anilines is 3. The number of hydrogen-bond acceptors (Lipinski definition) is 5. The molecule has 0 fully saturated rings. The van der Waals surface area contributed by atoms with E-state index < -0.39 is 0 Å². The maximum Gasteiger partial charge on any atom is 0.227 e. The molecular weight excluding hydrogens is 506 g/mol. The summed E-state index contributed by atoms with van der Waals surface area (Å²) in [4.78, 5) is 11.6. The Kier molecular flexibility index (Phi) is 4.55. The van der Waals surface area contributed by atoms with Crippen LogP contribution >= 0.6 is 0 Å². The predicted molar refractivity (Wildman–Crippen MR) is 166 cm³/mol. The monoisotopic (exact) mass is 527 g/mol. The first-order chi connectivity index (χ1) is 20.3. The molecule has 0 saturated carbocycles. The van der Waals surface area contributed by atoms with Crippen molar-refractivity contribution in [2.45, 2.75) is 0 Å². The minimum absolute atomic E-state index is 0.611. The normalized spacial score (nSPS) is 11.9. The molecule has 0 aliphatic rings. The summed E-state index contributed by atoms with van der Waals surface area (Å²) >= 11 is 0. The van der Waals surface area contributed by atoms with Crippen molar-refractivity contribution in [1.82, 2.24) is 9.97 Å². The Morgan fingerprint density at radius 1 is 0.488 bits per heavy atom. The van der Waals surface area contributed by atoms with Crippen molar-refractivity contribution in [3.8, 4) is 0 Å². The molecule has 41 heavy (non-hydrogen) atoms. The van der Waals surface area contributed by atoms with Gasteiger partial charge in [-0.3, -0.25) is 4.98 Å². The number of hydrogen-bond donors (Lipinski definition) is 0. The summed E-state index contributed by atoms with van der Waals surface area (Å²) in [6.07, 6.45) is 5.60. The Labute approximate surface area is 233 Å². The van der Waals surface area contributed by atoms with Crippen molar-refractivity contribution >= 4 is 82.6 Å². The smallest absolute Gasteiger partial charge is 0.227 e. The van der Waals surface area contributed by atoms with Crippen molar-refractivity contribution in [3.63, 3.8) is 0 Å². The van der Waals surface area contributed by atoms with Gasteiger partial charge in [-0.2, -0.15) is 0 Å². The summed E-state index contributed by atoms with van der Waals surface area (Å²) in [5.41, 5.74) is 5.74. The van der Waals surface area contributed by atoms with Gasteiger partial charge in [0, 0.05) is 28.0 Å². The number of aromatic nitrogens is 2. The second kappa shape index (κ2) is 8.41. The molecule has 192 valence electrons. The molecule has 4 aromatic heterocycles. The first-order valence-corrected chi connectivity index (χ1v) is 13.6. The van der Waals surface area contributed by atoms with E-state index in [9.17, 15) is 0 Å². The van der Waals surface area contributed by atoms with Gasteiger partial charge < -0.3 is 13.7 Å². The third-order valence-electron chi connectivity index (χ3n) is 7.97. The SMILES string of the molecule is c1ccc2c(c1)ccc1cc(N(c3cnc4oc5ccccc5c4c3)c3cncc4c3oc3ccccc34)ccc12. The fraction of sp³-hybridized carbons (Fsp3) is 0. The lowest BCUT2D eigenvalue weighted by atomic mass is 10.0. The van der Waals surface area contributed by atoms with E-state index in [1.54, 1.807) is 0 Å². The number of furan rings is 2. The quantitative estimate of drug-likeness (QED) is 0.214. The maximum absolute atomic E-state index is 6.47. The summed E-state index contributed by atoms with van der Waals surface area (Å²) in [6, 6.07) is 37.7. The van der Waals surface area contributed by atoms with Crippen molar-refractivity contribution in [1.29, 1.82) is 0 Å². The van der Waals surface area contributed by atoms with Crippen LogP contribution in [-0.4, -0.2) is 9.97 Å². The van der Waals surface area contributed by atoms with Crippen LogP contribution in [0.5, 0.6) is 0 Å². The lowest BCUT2D eigenvalue weighted by Crippen LogP contribution is -2.11. The average Bonchev–Trinajstić information content (AvgIpc) is 3.60. The van der Waals surface area contributed by atoms with E-state index in [0.29, 0.717) is 5.71 Å². The molecule has 0 spiro atoms. The van der Waals surface area contributed by atoms with Crippen LogP contribution in [-0.2, 0) is 0 Å². The van der Waals surface area contributed by atoms with Crippen LogP contribution in [0.15, 0.2) is 137 Å². The second-order valence-electron chi connectivity index (χ2n) is 10.3. The number of pyridine rings is 2. The van der Waals surface area contributed by atoms with Gasteiger partial charge in [0.1, 0.15) is 16.9 Å². The highest BCUT2D eigenvalue weighted by Gasteiger charge is 2.22. The van der Waals surface area contributed by atoms with Crippen LogP contribution in [0.3, 0.4) is 0 Å². The second-order valence-corrected chi connectivity index (χ2v) is 10.3. The van der Waals surface area contributed by atoms with Crippen LogP contribution in [0, 0.1) is 0 Å². The van der Waals surface area contributed by atoms with Gasteiger partial charge in [-0.1, -0.05) is 78.9 Å². The highest BCUT2D eigenvalue weighted by atomic mass is 16.3. The molecular formula is C36H21N3O2. The van der Waals surface area contributed by atoms with E-state index in [-0.39, 0.29) is 0 Å². The number of benzene rings is 5. The molecule has 9 aromatic rings. The number of fused-ring (bicyclic) bond motifs is 9. The van der Waals surface area contributed by atoms with E-state index in [1.807, 2.05) is 55.0 Å². The van der Waals surface area contributed by atoms with Crippen LogP contribution in [0.2, 0.25) is 0 Å². The molecule has 0 saturated heterocycles. The van der Waals surface area contributed by atoms with E-state index in [1.165, 1.54) is 16.2 Å². The van der Waals surface area contributed by atoms with Gasteiger partial charge in [-0.15, -0.1) is 0 Å². The summed E-state index contributed by atoms with van der Waals surface area (Å²) in [7, 11) is 0. The fourth-order valence-electron chi connectivity index (χ4n) is 6.07. The van der Waals surface area contributed by atoms with Gasteiger partial charge in [0.05, 0.1) is 23.5 Å². The molecule has 0 aliphatic heterocycles. The zero-order chi connectivity index (χ0) is 26.9. The fourth-order valence-corrected chi connectivity index (χ4v) is 6.07. The number of para-hydroxylation sites is 2. The molecule has 0 unspecified atom stereocenters. The molecule has 0 N–H and O–H groups in total. The molecule has 5 heteroatoms. The van der Waals surface area contributed by atoms with Crippen molar-refractivity contribution in [2.75, 3.05) is 4.90 Å². The highest BCUT2D eigenvalue weighted by molar-refractivity contribution is 6.12. The minimum Gasteiger partial charge on any atom is -0.454 e. The summed E-state index contributed by atoms with van der Waals surface area (Å²) in [5, 5.41) is 8.81. The molecule has 0 bridgehead atoms. The van der Waals surface area contributed by atoms with Gasteiger partial charge in [0.25, 0.3) is 0 Å². The van der Waals surface area contributed by atoms with Crippen LogP contribution < -0.4 is 4.90 Å². The summed E-state index contributed by atoms with van der Waals surface area (Å²) in [6.45, 7) is 0. The number of nitrogens with zero attached hydrogens (tertiary/aromatic N) is 3. The predicted octanol–water partition coefficient (Wildman–Crippen LogP) is 10.1. The molecule has 5 nitrogen and oxygen atoms in total. The van der Waals surface area contributed by atoms with E-state index >= 15 is 0 Å². The Morgan fingerprint density at radius 2 is 1.20 bits per heavy atom. The number of rotatable bonds is 3. The van der Waals surface area contributed by atoms with Crippen molar-refractivity contribution in [2.24, 2.45) is 0 Å². The molecule has 9 rings (SSSR count). The van der Waals surface area contributed by atoms with Crippen LogP contribution in [0.4, 0.5) is 17.1 Å². The Balaban J connectivity index is 1.34. The Bertz CT molecular complexity index is 2450. The van der Waals surface area contributed by atoms with Crippen LogP contribution in [0.1, 0.15) is 0 Å². The molecule has 0 radical (unpaired) electrons. The largest absolute Gasteiger partial charge is 0.454 e. The average molecular weight is 528 g/mol. The van der Waals surface area contributed by atoms with Gasteiger partial charge in [0.2, 0.25) is 5.71 Å². The third-order valence-corrected chi connectivity index (χ3v) is 7.97. The Hall–Kier alpha value is -5.68. The molecule has 5 aromatic carbocycles. The van der Waals surface area contributed by atoms with Crippen molar-refractivity contribution in [3.05, 3.63) is 128 Å². The minimum atomic E-state index is 0.611. The molecule has 4 heterocycles. The molecule has 0 atom stereocenters. The first-order valence-electron chi connectivity index (χ1n) is 13.6. The lowest BCUT2D eigenvalue weighted by molar-refractivity contribution is 0.654. The first kappa shape index (κ1) is 22.2. The van der Waals surface area contributed by atoms with E-state index in [0.717, 1.165) is 60.7 Å². The van der Waals surface area contributed by atoms with Gasteiger partial charge >= 0.3 is 0 Å². The summed E-state index contributed by atoms with van der Waals surface area (Å²) in [5.74, 6) is 0. The Morgan fingerprint density at radius 3 is 2.07 bits per heavy atom. The maximum atomic E-state index is 6.47. The topological polar surface area (TPSA) is 55.3 Å². The molecule has 0 amide bonds. The van der Waals surface area contributed by atoms with Gasteiger partial charge in [-0.05, 0) is 51.9 Å². The van der Waals surface area contributed by atoms with Gasteiger partial charge in [0.15, 0.2) is 5.58 Å². The third kappa shape index (κ3) is 3.29. The van der Waals surface area contributed by atoms with Gasteiger partial charge in [-0.25, -0.2) is 4.98 Å². The van der Waals surface area contributed by atoms with Crippen LogP contribution in [0.25, 0.3) is 65.6 Å². The summed E-state index contributed by atoms with van der Waals surface area (Å²) < 4.78 is 12.5. The zero-order valence-electron chi connectivity index (χ0n) is 21.8. The lowest BCUT2D eigenvalue weighted by Gasteiger charge is -2.25. The van der Waals surface area contributed by atoms with E-state index in [2.05, 4.69) is 82.7 Å². The highest BCUT2D eigenvalue weighted by Crippen LogP contribution is 2.43. The van der Waals surface area contributed by atoms with Crippen molar-refractivity contribution < 1.29 is 8.83 Å². The van der Waals surface area contributed by atoms with E-state index in [4.69, 9.17) is 13.8 Å². The molecule has 0 aliphatic carbocycles. The zero-order valence-corrected chi connectivity index (χ0v) is 21.8. The standard InChI is InChI=1S/C36H21N3O2/c1-2-8-26-22(7-1)13-14-23-17-24(15-16-27(23)26)39(25-18-30-28-9-3-6-12-34(28)41-36(30)38-19-25)32-21-37-20-31-29-10-4-5-11-33(29)40-35(31)32/h1-21H.